The monoisotopic (exact) mass is 321 g/mol. The number of nitrogens with zero attached hydrogens (tertiary/aromatic N) is 2. The molecule has 4 nitrogen and oxygen atoms in total. The van der Waals surface area contributed by atoms with E-state index in [0.717, 1.165) is 5.75 Å². The Bertz CT molecular complexity index is 599. The number of hydrogen-bond acceptors (Lipinski definition) is 4. The Balaban J connectivity index is 2.29. The van der Waals surface area contributed by atoms with Gasteiger partial charge in [-0.3, -0.25) is 0 Å². The lowest BCUT2D eigenvalue weighted by Gasteiger charge is -2.12. The van der Waals surface area contributed by atoms with Crippen LogP contribution in [0.25, 0.3) is 0 Å². The molecular formula is C14H16BrN3O. The molecule has 2 aromatic rings. The summed E-state index contributed by atoms with van der Waals surface area (Å²) in [7, 11) is 0. The van der Waals surface area contributed by atoms with Crippen LogP contribution in [0.3, 0.4) is 0 Å². The smallest absolute Gasteiger partial charge is 0.238 e. The molecule has 5 heteroatoms. The lowest BCUT2D eigenvalue weighted by atomic mass is 9.98. The maximum atomic E-state index is 5.73. The summed E-state index contributed by atoms with van der Waals surface area (Å²) >= 11 is 3.34. The molecule has 0 saturated carbocycles. The second kappa shape index (κ2) is 5.57. The van der Waals surface area contributed by atoms with Crippen molar-refractivity contribution in [3.63, 3.8) is 0 Å². The fraction of sp³-hybridized carbons (Fsp3) is 0.286. The van der Waals surface area contributed by atoms with E-state index in [-0.39, 0.29) is 5.95 Å². The Hall–Kier alpha value is -1.62. The van der Waals surface area contributed by atoms with Gasteiger partial charge in [0.2, 0.25) is 11.8 Å². The number of aromatic nitrogens is 2. The third-order valence-corrected chi connectivity index (χ3v) is 3.35. The first-order valence-electron chi connectivity index (χ1n) is 6.04. The first-order valence-corrected chi connectivity index (χ1v) is 6.83. The molecule has 0 amide bonds. The second-order valence-electron chi connectivity index (χ2n) is 4.66. The van der Waals surface area contributed by atoms with Crippen LogP contribution >= 0.6 is 15.9 Å². The van der Waals surface area contributed by atoms with Gasteiger partial charge in [0.1, 0.15) is 5.75 Å². The van der Waals surface area contributed by atoms with Gasteiger partial charge < -0.3 is 10.5 Å². The standard InChI is InChI=1S/C14H16BrN3O/c1-8(2)11-5-4-10(6-9(11)3)19-13-12(15)7-17-14(16)18-13/h4-8H,1-3H3,(H2,16,17,18). The van der Waals surface area contributed by atoms with Gasteiger partial charge in [-0.05, 0) is 52.0 Å². The van der Waals surface area contributed by atoms with Crippen molar-refractivity contribution in [1.82, 2.24) is 9.97 Å². The molecule has 1 aromatic carbocycles. The number of hydrogen-bond donors (Lipinski definition) is 1. The van der Waals surface area contributed by atoms with Crippen molar-refractivity contribution in [3.8, 4) is 11.6 Å². The van der Waals surface area contributed by atoms with E-state index in [9.17, 15) is 0 Å². The summed E-state index contributed by atoms with van der Waals surface area (Å²) in [4.78, 5) is 7.93. The van der Waals surface area contributed by atoms with Crippen molar-refractivity contribution < 1.29 is 4.74 Å². The molecule has 0 unspecified atom stereocenters. The maximum absolute atomic E-state index is 5.73. The van der Waals surface area contributed by atoms with Gasteiger partial charge in [0.25, 0.3) is 0 Å². The van der Waals surface area contributed by atoms with Gasteiger partial charge in [-0.2, -0.15) is 4.98 Å². The molecule has 19 heavy (non-hydrogen) atoms. The Morgan fingerprint density at radius 2 is 2.05 bits per heavy atom. The number of anilines is 1. The van der Waals surface area contributed by atoms with Crippen LogP contribution in [0.15, 0.2) is 28.9 Å². The molecule has 0 fully saturated rings. The van der Waals surface area contributed by atoms with Crippen molar-refractivity contribution in [2.45, 2.75) is 26.7 Å². The van der Waals surface area contributed by atoms with Gasteiger partial charge in [0.15, 0.2) is 0 Å². The zero-order valence-corrected chi connectivity index (χ0v) is 12.7. The zero-order chi connectivity index (χ0) is 14.0. The largest absolute Gasteiger partial charge is 0.438 e. The molecule has 0 aliphatic rings. The average molecular weight is 322 g/mol. The third-order valence-electron chi connectivity index (χ3n) is 2.81. The fourth-order valence-corrected chi connectivity index (χ4v) is 2.18. The minimum Gasteiger partial charge on any atom is -0.438 e. The van der Waals surface area contributed by atoms with Gasteiger partial charge in [0, 0.05) is 0 Å². The Kier molecular flexibility index (Phi) is 4.04. The molecular weight excluding hydrogens is 306 g/mol. The molecule has 1 heterocycles. The normalized spacial score (nSPS) is 10.8. The van der Waals surface area contributed by atoms with Crippen molar-refractivity contribution >= 4 is 21.9 Å². The summed E-state index contributed by atoms with van der Waals surface area (Å²) in [5, 5.41) is 0. The molecule has 0 bridgehead atoms. The molecule has 2 N–H and O–H groups in total. The van der Waals surface area contributed by atoms with Crippen molar-refractivity contribution in [2.24, 2.45) is 0 Å². The van der Waals surface area contributed by atoms with Crippen molar-refractivity contribution in [2.75, 3.05) is 5.73 Å². The fourth-order valence-electron chi connectivity index (χ4n) is 1.91. The predicted octanol–water partition coefficient (Wildman–Crippen LogP) is 4.05. The maximum Gasteiger partial charge on any atom is 0.238 e. The van der Waals surface area contributed by atoms with Crippen LogP contribution in [0.4, 0.5) is 5.95 Å². The number of rotatable bonds is 3. The number of nitrogens with two attached hydrogens (primary N) is 1. The highest BCUT2D eigenvalue weighted by Gasteiger charge is 2.09. The number of halogens is 1. The third kappa shape index (κ3) is 3.23. The van der Waals surface area contributed by atoms with Crippen LogP contribution in [0, 0.1) is 6.92 Å². The molecule has 0 aliphatic carbocycles. The van der Waals surface area contributed by atoms with Crippen LogP contribution in [-0.2, 0) is 0 Å². The van der Waals surface area contributed by atoms with Gasteiger partial charge in [0.05, 0.1) is 10.7 Å². The molecule has 2 rings (SSSR count). The van der Waals surface area contributed by atoms with Crippen LogP contribution in [0.5, 0.6) is 11.6 Å². The van der Waals surface area contributed by atoms with E-state index >= 15 is 0 Å². The quantitative estimate of drug-likeness (QED) is 0.926. The van der Waals surface area contributed by atoms with Crippen molar-refractivity contribution in [3.05, 3.63) is 40.0 Å². The zero-order valence-electron chi connectivity index (χ0n) is 11.1. The molecule has 100 valence electrons. The highest BCUT2D eigenvalue weighted by atomic mass is 79.9. The molecule has 1 aromatic heterocycles. The summed E-state index contributed by atoms with van der Waals surface area (Å²) in [6.07, 6.45) is 1.58. The van der Waals surface area contributed by atoms with Crippen LogP contribution in [0.2, 0.25) is 0 Å². The lowest BCUT2D eigenvalue weighted by Crippen LogP contribution is -1.98. The number of nitrogen functional groups attached to an aromatic ring is 1. The molecule has 0 aliphatic heterocycles. The minimum absolute atomic E-state index is 0.189. The van der Waals surface area contributed by atoms with E-state index in [1.807, 2.05) is 12.1 Å². The SMILES string of the molecule is Cc1cc(Oc2nc(N)ncc2Br)ccc1C(C)C. The van der Waals surface area contributed by atoms with Gasteiger partial charge in [-0.1, -0.05) is 19.9 Å². The van der Waals surface area contributed by atoms with Crippen LogP contribution < -0.4 is 10.5 Å². The summed E-state index contributed by atoms with van der Waals surface area (Å²) in [5.74, 6) is 1.84. The molecule has 0 radical (unpaired) electrons. The number of benzene rings is 1. The van der Waals surface area contributed by atoms with E-state index in [2.05, 4.69) is 52.7 Å². The van der Waals surface area contributed by atoms with Crippen LogP contribution in [0.1, 0.15) is 30.9 Å². The Labute approximate surface area is 121 Å². The topological polar surface area (TPSA) is 61.0 Å². The van der Waals surface area contributed by atoms with E-state index in [0.29, 0.717) is 16.3 Å². The van der Waals surface area contributed by atoms with Crippen molar-refractivity contribution in [1.29, 1.82) is 0 Å². The van der Waals surface area contributed by atoms with E-state index < -0.39 is 0 Å². The number of aryl methyl sites for hydroxylation is 1. The number of ether oxygens (including phenoxy) is 1. The Morgan fingerprint density at radius 1 is 1.32 bits per heavy atom. The summed E-state index contributed by atoms with van der Waals surface area (Å²) in [6, 6.07) is 6.01. The second-order valence-corrected chi connectivity index (χ2v) is 5.51. The molecule has 0 atom stereocenters. The summed E-state index contributed by atoms with van der Waals surface area (Å²) < 4.78 is 6.40. The highest BCUT2D eigenvalue weighted by molar-refractivity contribution is 9.10. The van der Waals surface area contributed by atoms with E-state index in [1.165, 1.54) is 11.1 Å². The average Bonchev–Trinajstić information content (AvgIpc) is 2.33. The molecule has 0 saturated heterocycles. The predicted molar refractivity (Wildman–Crippen MR) is 79.5 cm³/mol. The highest BCUT2D eigenvalue weighted by Crippen LogP contribution is 2.30. The Morgan fingerprint density at radius 3 is 2.68 bits per heavy atom. The van der Waals surface area contributed by atoms with Crippen LogP contribution in [-0.4, -0.2) is 9.97 Å². The van der Waals surface area contributed by atoms with E-state index in [4.69, 9.17) is 10.5 Å². The first kappa shape index (κ1) is 13.8. The minimum atomic E-state index is 0.189. The lowest BCUT2D eigenvalue weighted by molar-refractivity contribution is 0.458. The summed E-state index contributed by atoms with van der Waals surface area (Å²) in [6.45, 7) is 6.42. The van der Waals surface area contributed by atoms with Gasteiger partial charge in [-0.25, -0.2) is 4.98 Å². The van der Waals surface area contributed by atoms with Gasteiger partial charge in [-0.15, -0.1) is 0 Å². The first-order chi connectivity index (χ1) is 8.97. The molecule has 0 spiro atoms. The summed E-state index contributed by atoms with van der Waals surface area (Å²) in [5.41, 5.74) is 8.07. The van der Waals surface area contributed by atoms with E-state index in [1.54, 1.807) is 6.20 Å². The van der Waals surface area contributed by atoms with Gasteiger partial charge >= 0.3 is 0 Å².